The summed E-state index contributed by atoms with van der Waals surface area (Å²) in [4.78, 5) is 10.7. The molecule has 1 aromatic carbocycles. The molecule has 0 aliphatic heterocycles. The molecule has 0 spiro atoms. The molecule has 0 heterocycles. The van der Waals surface area contributed by atoms with E-state index in [1.807, 2.05) is 0 Å². The van der Waals surface area contributed by atoms with E-state index in [1.165, 1.54) is 18.2 Å². The average molecular weight is 279 g/mol. The first-order chi connectivity index (χ1) is 5.88. The molecular formula is C7H6Cl2KO3P. The second-order valence-corrected chi connectivity index (χ2v) is 4.98. The van der Waals surface area contributed by atoms with Gasteiger partial charge in [0.1, 0.15) is 5.75 Å². The standard InChI is InChI=1S/C7H7Cl2O3P.K/c1-13(10,11)12-5-2-3-6(8)7(9)4-5;/h2-4H,1H3,(H,10,11);/q;+1/p-1. The molecule has 1 atom stereocenters. The van der Waals surface area contributed by atoms with Crippen molar-refractivity contribution >= 4 is 30.8 Å². The second-order valence-electron chi connectivity index (χ2n) is 2.44. The molecule has 0 aromatic heterocycles. The molecule has 1 rings (SSSR count). The Kier molecular flexibility index (Phi) is 6.87. The summed E-state index contributed by atoms with van der Waals surface area (Å²) in [5.41, 5.74) is 0. The monoisotopic (exact) mass is 278 g/mol. The van der Waals surface area contributed by atoms with Crippen molar-refractivity contribution in [2.45, 2.75) is 0 Å². The number of hydrogen-bond acceptors (Lipinski definition) is 3. The summed E-state index contributed by atoms with van der Waals surface area (Å²) in [7, 11) is -3.77. The van der Waals surface area contributed by atoms with E-state index >= 15 is 0 Å². The third-order valence-corrected chi connectivity index (χ3v) is 2.44. The van der Waals surface area contributed by atoms with Gasteiger partial charge in [-0.2, -0.15) is 0 Å². The molecule has 0 amide bonds. The summed E-state index contributed by atoms with van der Waals surface area (Å²) in [5, 5.41) is 0.610. The van der Waals surface area contributed by atoms with Crippen molar-refractivity contribution in [2.75, 3.05) is 6.66 Å². The fourth-order valence-corrected chi connectivity index (χ4v) is 1.51. The summed E-state index contributed by atoms with van der Waals surface area (Å²) in [6.45, 7) is 0.982. The maximum atomic E-state index is 10.7. The molecule has 1 aromatic rings. The zero-order valence-electron chi connectivity index (χ0n) is 7.66. The van der Waals surface area contributed by atoms with Crippen molar-refractivity contribution in [1.29, 1.82) is 0 Å². The Balaban J connectivity index is 0.00000169. The minimum absolute atomic E-state index is 0. The van der Waals surface area contributed by atoms with Gasteiger partial charge in [-0.15, -0.1) is 0 Å². The van der Waals surface area contributed by atoms with Crippen LogP contribution in [0.4, 0.5) is 0 Å². The van der Waals surface area contributed by atoms with Gasteiger partial charge in [-0.1, -0.05) is 23.2 Å². The fourth-order valence-electron chi connectivity index (χ4n) is 0.725. The van der Waals surface area contributed by atoms with E-state index in [9.17, 15) is 9.46 Å². The van der Waals surface area contributed by atoms with Crippen LogP contribution >= 0.6 is 30.8 Å². The molecule has 0 bridgehead atoms. The molecule has 0 radical (unpaired) electrons. The summed E-state index contributed by atoms with van der Waals surface area (Å²) in [6, 6.07) is 4.25. The van der Waals surface area contributed by atoms with Gasteiger partial charge in [0.2, 0.25) is 0 Å². The van der Waals surface area contributed by atoms with Gasteiger partial charge < -0.3 is 9.42 Å². The predicted molar refractivity (Wildman–Crippen MR) is 50.6 cm³/mol. The van der Waals surface area contributed by atoms with Crippen LogP contribution in [0.1, 0.15) is 0 Å². The third kappa shape index (κ3) is 5.49. The molecule has 14 heavy (non-hydrogen) atoms. The molecule has 0 saturated carbocycles. The van der Waals surface area contributed by atoms with E-state index < -0.39 is 7.60 Å². The van der Waals surface area contributed by atoms with Crippen molar-refractivity contribution in [3.05, 3.63) is 28.2 Å². The van der Waals surface area contributed by atoms with Crippen LogP contribution in [0.2, 0.25) is 10.0 Å². The Morgan fingerprint density at radius 1 is 1.36 bits per heavy atom. The number of halogens is 2. The van der Waals surface area contributed by atoms with Crippen molar-refractivity contribution in [3.8, 4) is 5.75 Å². The first-order valence-corrected chi connectivity index (χ1v) is 6.06. The average Bonchev–Trinajstić information content (AvgIpc) is 1.94. The molecule has 3 nitrogen and oxygen atoms in total. The topological polar surface area (TPSA) is 49.4 Å². The first-order valence-electron chi connectivity index (χ1n) is 3.32. The maximum Gasteiger partial charge on any atom is 1.00 e. The summed E-state index contributed by atoms with van der Waals surface area (Å²) in [6.07, 6.45) is 0. The number of hydrogen-bond donors (Lipinski definition) is 0. The van der Waals surface area contributed by atoms with E-state index in [0.717, 1.165) is 6.66 Å². The Bertz CT molecular complexity index is 366. The van der Waals surface area contributed by atoms with Gasteiger partial charge in [-0.25, -0.2) is 0 Å². The van der Waals surface area contributed by atoms with Gasteiger partial charge in [0.05, 0.1) is 10.0 Å². The van der Waals surface area contributed by atoms with Crippen LogP contribution in [0.3, 0.4) is 0 Å². The number of rotatable bonds is 2. The van der Waals surface area contributed by atoms with Crippen molar-refractivity contribution in [3.63, 3.8) is 0 Å². The van der Waals surface area contributed by atoms with Crippen LogP contribution in [0.15, 0.2) is 18.2 Å². The van der Waals surface area contributed by atoms with Crippen LogP contribution in [0.5, 0.6) is 5.75 Å². The van der Waals surface area contributed by atoms with Crippen molar-refractivity contribution in [1.82, 2.24) is 0 Å². The van der Waals surface area contributed by atoms with Crippen molar-refractivity contribution < 1.29 is 65.4 Å². The van der Waals surface area contributed by atoms with Gasteiger partial charge in [-0.05, 0) is 12.1 Å². The van der Waals surface area contributed by atoms with Crippen molar-refractivity contribution in [2.24, 2.45) is 0 Å². The van der Waals surface area contributed by atoms with Crippen LogP contribution in [-0.2, 0) is 4.57 Å². The molecule has 0 aliphatic carbocycles. The van der Waals surface area contributed by atoms with Crippen LogP contribution in [0.25, 0.3) is 0 Å². The molecule has 1 unspecified atom stereocenters. The Morgan fingerprint density at radius 3 is 2.36 bits per heavy atom. The van der Waals surface area contributed by atoms with Crippen LogP contribution < -0.4 is 60.8 Å². The molecular weight excluding hydrogens is 273 g/mol. The smallest absolute Gasteiger partial charge is 0.769 e. The Labute approximate surface area is 135 Å². The first kappa shape index (κ1) is 15.4. The minimum atomic E-state index is -3.77. The molecule has 72 valence electrons. The van der Waals surface area contributed by atoms with Gasteiger partial charge in [-0.3, -0.25) is 4.57 Å². The molecule has 7 heteroatoms. The van der Waals surface area contributed by atoms with Gasteiger partial charge in [0, 0.05) is 12.7 Å². The van der Waals surface area contributed by atoms with E-state index in [-0.39, 0.29) is 62.2 Å². The SMILES string of the molecule is CP(=O)([O-])Oc1ccc(Cl)c(Cl)c1.[K+]. The third-order valence-electron chi connectivity index (χ3n) is 1.16. The number of benzene rings is 1. The molecule has 0 fully saturated rings. The predicted octanol–water partition coefficient (Wildman–Crippen LogP) is -0.441. The zero-order chi connectivity index (χ0) is 10.1. The normalized spacial score (nSPS) is 14.0. The van der Waals surface area contributed by atoms with Gasteiger partial charge in [0.25, 0.3) is 0 Å². The summed E-state index contributed by atoms with van der Waals surface area (Å²) in [5.74, 6) is 0.162. The van der Waals surface area contributed by atoms with E-state index in [0.29, 0.717) is 5.02 Å². The Morgan fingerprint density at radius 2 is 1.93 bits per heavy atom. The minimum Gasteiger partial charge on any atom is -0.769 e. The summed E-state index contributed by atoms with van der Waals surface area (Å²) >= 11 is 11.3. The largest absolute Gasteiger partial charge is 1.00 e. The van der Waals surface area contributed by atoms with Crippen LogP contribution in [-0.4, -0.2) is 6.66 Å². The van der Waals surface area contributed by atoms with E-state index in [1.54, 1.807) is 0 Å². The molecule has 0 N–H and O–H groups in total. The second kappa shape index (κ2) is 6.23. The van der Waals surface area contributed by atoms with Gasteiger partial charge in [0.15, 0.2) is 7.60 Å². The van der Waals surface area contributed by atoms with E-state index in [4.69, 9.17) is 23.2 Å². The molecule has 0 aliphatic rings. The van der Waals surface area contributed by atoms with Gasteiger partial charge >= 0.3 is 51.4 Å². The van der Waals surface area contributed by atoms with E-state index in [2.05, 4.69) is 4.52 Å². The maximum absolute atomic E-state index is 10.7. The summed E-state index contributed by atoms with van der Waals surface area (Å²) < 4.78 is 15.3. The Hall–Kier alpha value is 1.43. The van der Waals surface area contributed by atoms with Crippen LogP contribution in [0, 0.1) is 0 Å². The quantitative estimate of drug-likeness (QED) is 0.545. The molecule has 0 saturated heterocycles. The zero-order valence-corrected chi connectivity index (χ0v) is 13.2. The fraction of sp³-hybridized carbons (Fsp3) is 0.143.